The summed E-state index contributed by atoms with van der Waals surface area (Å²) in [6, 6.07) is 14.5. The quantitative estimate of drug-likeness (QED) is 0.773. The number of para-hydroxylation sites is 1. The van der Waals surface area contributed by atoms with E-state index in [2.05, 4.69) is 50.4 Å². The van der Waals surface area contributed by atoms with Crippen LogP contribution in [-0.4, -0.2) is 16.5 Å². The fraction of sp³-hybridized carbons (Fsp3) is 0.222. The van der Waals surface area contributed by atoms with Crippen LogP contribution in [0.1, 0.15) is 18.1 Å². The predicted octanol–water partition coefficient (Wildman–Crippen LogP) is 4.35. The van der Waals surface area contributed by atoms with E-state index < -0.39 is 0 Å². The molecule has 21 heavy (non-hydrogen) atoms. The van der Waals surface area contributed by atoms with Crippen molar-refractivity contribution < 1.29 is 0 Å². The highest BCUT2D eigenvalue weighted by Crippen LogP contribution is 2.27. The van der Waals surface area contributed by atoms with Crippen molar-refractivity contribution in [2.75, 3.05) is 11.9 Å². The molecule has 1 aromatic heterocycles. The Morgan fingerprint density at radius 2 is 1.81 bits per heavy atom. The average molecular weight is 277 g/mol. The van der Waals surface area contributed by atoms with Crippen molar-refractivity contribution >= 4 is 16.7 Å². The van der Waals surface area contributed by atoms with E-state index in [-0.39, 0.29) is 0 Å². The molecule has 0 fully saturated rings. The Morgan fingerprint density at radius 3 is 2.62 bits per heavy atom. The molecule has 3 heteroatoms. The summed E-state index contributed by atoms with van der Waals surface area (Å²) in [5, 5.41) is 4.41. The summed E-state index contributed by atoms with van der Waals surface area (Å²) in [7, 11) is 0. The lowest BCUT2D eigenvalue weighted by atomic mass is 10.0. The molecule has 106 valence electrons. The van der Waals surface area contributed by atoms with Crippen molar-refractivity contribution in [1.82, 2.24) is 9.97 Å². The molecular weight excluding hydrogens is 258 g/mol. The van der Waals surface area contributed by atoms with E-state index in [4.69, 9.17) is 9.97 Å². The van der Waals surface area contributed by atoms with Crippen LogP contribution in [0.2, 0.25) is 0 Å². The Hall–Kier alpha value is -2.42. The van der Waals surface area contributed by atoms with Gasteiger partial charge in [0, 0.05) is 17.5 Å². The van der Waals surface area contributed by atoms with Crippen LogP contribution in [-0.2, 0) is 0 Å². The monoisotopic (exact) mass is 277 g/mol. The number of hydrogen-bond donors (Lipinski definition) is 1. The Labute approximate surface area is 125 Å². The van der Waals surface area contributed by atoms with Crippen LogP contribution in [0, 0.1) is 13.8 Å². The van der Waals surface area contributed by atoms with Crippen LogP contribution in [0.5, 0.6) is 0 Å². The molecule has 3 aromatic rings. The molecule has 3 rings (SSSR count). The summed E-state index contributed by atoms with van der Waals surface area (Å²) >= 11 is 0. The fourth-order valence-electron chi connectivity index (χ4n) is 2.48. The van der Waals surface area contributed by atoms with Crippen LogP contribution >= 0.6 is 0 Å². The molecule has 0 amide bonds. The van der Waals surface area contributed by atoms with Gasteiger partial charge < -0.3 is 5.32 Å². The summed E-state index contributed by atoms with van der Waals surface area (Å²) < 4.78 is 0. The number of benzene rings is 2. The summed E-state index contributed by atoms with van der Waals surface area (Å²) in [6.07, 6.45) is 0. The number of aromatic nitrogens is 2. The summed E-state index contributed by atoms with van der Waals surface area (Å²) in [6.45, 7) is 7.11. The van der Waals surface area contributed by atoms with Crippen molar-refractivity contribution in [3.63, 3.8) is 0 Å². The maximum atomic E-state index is 4.74. The number of fused-ring (bicyclic) bond motifs is 1. The first-order chi connectivity index (χ1) is 10.2. The first-order valence-electron chi connectivity index (χ1n) is 7.27. The molecule has 0 saturated heterocycles. The average Bonchev–Trinajstić information content (AvgIpc) is 2.50. The topological polar surface area (TPSA) is 37.8 Å². The van der Waals surface area contributed by atoms with E-state index in [1.165, 1.54) is 11.1 Å². The second-order valence-electron chi connectivity index (χ2n) is 5.26. The minimum absolute atomic E-state index is 0.783. The zero-order chi connectivity index (χ0) is 14.8. The minimum Gasteiger partial charge on any atom is -0.370 e. The minimum atomic E-state index is 0.783. The van der Waals surface area contributed by atoms with Gasteiger partial charge in [-0.15, -0.1) is 0 Å². The second kappa shape index (κ2) is 5.52. The van der Waals surface area contributed by atoms with Crippen molar-refractivity contribution in [3.8, 4) is 11.4 Å². The summed E-state index contributed by atoms with van der Waals surface area (Å²) in [5.41, 5.74) is 4.48. The fourth-order valence-corrected chi connectivity index (χ4v) is 2.48. The number of nitrogens with one attached hydrogen (secondary N) is 1. The van der Waals surface area contributed by atoms with Crippen LogP contribution in [0.15, 0.2) is 42.5 Å². The molecule has 3 nitrogen and oxygen atoms in total. The SMILES string of the molecule is CCNc1nc(-c2cc(C)ccc2C)nc2ccccc12. The van der Waals surface area contributed by atoms with Crippen molar-refractivity contribution in [1.29, 1.82) is 0 Å². The van der Waals surface area contributed by atoms with Gasteiger partial charge in [-0.1, -0.05) is 29.8 Å². The van der Waals surface area contributed by atoms with E-state index in [0.717, 1.165) is 34.7 Å². The lowest BCUT2D eigenvalue weighted by Gasteiger charge is -2.11. The van der Waals surface area contributed by atoms with Gasteiger partial charge in [0.2, 0.25) is 0 Å². The molecule has 0 radical (unpaired) electrons. The van der Waals surface area contributed by atoms with Crippen LogP contribution in [0.3, 0.4) is 0 Å². The Balaban J connectivity index is 2.25. The van der Waals surface area contributed by atoms with E-state index >= 15 is 0 Å². The lowest BCUT2D eigenvalue weighted by molar-refractivity contribution is 1.14. The molecule has 2 aromatic carbocycles. The highest BCUT2D eigenvalue weighted by molar-refractivity contribution is 5.90. The van der Waals surface area contributed by atoms with Crippen molar-refractivity contribution in [2.24, 2.45) is 0 Å². The normalized spacial score (nSPS) is 10.8. The molecule has 0 spiro atoms. The van der Waals surface area contributed by atoms with Gasteiger partial charge in [0.1, 0.15) is 5.82 Å². The third-order valence-corrected chi connectivity index (χ3v) is 3.58. The van der Waals surface area contributed by atoms with E-state index in [0.29, 0.717) is 0 Å². The maximum Gasteiger partial charge on any atom is 0.162 e. The highest BCUT2D eigenvalue weighted by Gasteiger charge is 2.10. The standard InChI is InChI=1S/C18H19N3/c1-4-19-17-14-7-5-6-8-16(14)20-18(21-17)15-11-12(2)9-10-13(15)3/h5-11H,4H2,1-3H3,(H,19,20,21). The third-order valence-electron chi connectivity index (χ3n) is 3.58. The van der Waals surface area contributed by atoms with Gasteiger partial charge in [-0.05, 0) is 44.5 Å². The number of aryl methyl sites for hydroxylation is 2. The smallest absolute Gasteiger partial charge is 0.162 e. The Morgan fingerprint density at radius 1 is 1.00 bits per heavy atom. The predicted molar refractivity (Wildman–Crippen MR) is 88.6 cm³/mol. The zero-order valence-electron chi connectivity index (χ0n) is 12.6. The number of anilines is 1. The first-order valence-corrected chi connectivity index (χ1v) is 7.27. The molecule has 0 unspecified atom stereocenters. The molecule has 1 heterocycles. The Kier molecular flexibility index (Phi) is 3.57. The maximum absolute atomic E-state index is 4.74. The van der Waals surface area contributed by atoms with Gasteiger partial charge in [0.25, 0.3) is 0 Å². The van der Waals surface area contributed by atoms with Gasteiger partial charge in [-0.25, -0.2) is 9.97 Å². The molecule has 0 bridgehead atoms. The molecule has 1 N–H and O–H groups in total. The number of nitrogens with zero attached hydrogens (tertiary/aromatic N) is 2. The lowest BCUT2D eigenvalue weighted by Crippen LogP contribution is -2.03. The Bertz CT molecular complexity index is 794. The molecule has 0 aliphatic carbocycles. The van der Waals surface area contributed by atoms with Gasteiger partial charge in [-0.3, -0.25) is 0 Å². The van der Waals surface area contributed by atoms with Crippen molar-refractivity contribution in [2.45, 2.75) is 20.8 Å². The molecule has 0 aliphatic rings. The molecule has 0 aliphatic heterocycles. The highest BCUT2D eigenvalue weighted by atomic mass is 15.0. The summed E-state index contributed by atoms with van der Waals surface area (Å²) in [4.78, 5) is 9.48. The van der Waals surface area contributed by atoms with E-state index in [1.807, 2.05) is 18.2 Å². The molecular formula is C18H19N3. The van der Waals surface area contributed by atoms with Gasteiger partial charge >= 0.3 is 0 Å². The zero-order valence-corrected chi connectivity index (χ0v) is 12.6. The second-order valence-corrected chi connectivity index (χ2v) is 5.26. The van der Waals surface area contributed by atoms with E-state index in [9.17, 15) is 0 Å². The largest absolute Gasteiger partial charge is 0.370 e. The van der Waals surface area contributed by atoms with E-state index in [1.54, 1.807) is 0 Å². The summed E-state index contributed by atoms with van der Waals surface area (Å²) in [5.74, 6) is 1.69. The molecule has 0 atom stereocenters. The van der Waals surface area contributed by atoms with Gasteiger partial charge in [0.05, 0.1) is 5.52 Å². The van der Waals surface area contributed by atoms with Crippen LogP contribution < -0.4 is 5.32 Å². The third kappa shape index (κ3) is 2.59. The van der Waals surface area contributed by atoms with Crippen LogP contribution in [0.4, 0.5) is 5.82 Å². The number of rotatable bonds is 3. The van der Waals surface area contributed by atoms with Crippen molar-refractivity contribution in [3.05, 3.63) is 53.6 Å². The molecule has 0 saturated carbocycles. The van der Waals surface area contributed by atoms with Crippen LogP contribution in [0.25, 0.3) is 22.3 Å². The first kappa shape index (κ1) is 13.6. The van der Waals surface area contributed by atoms with Gasteiger partial charge in [0.15, 0.2) is 5.82 Å². The van der Waals surface area contributed by atoms with Gasteiger partial charge in [-0.2, -0.15) is 0 Å². The number of hydrogen-bond acceptors (Lipinski definition) is 3.